The van der Waals surface area contributed by atoms with E-state index in [1.54, 1.807) is 0 Å². The number of amides is 2. The van der Waals surface area contributed by atoms with E-state index in [4.69, 9.17) is 0 Å². The van der Waals surface area contributed by atoms with E-state index in [2.05, 4.69) is 10.6 Å². The maximum absolute atomic E-state index is 13.2. The van der Waals surface area contributed by atoms with Gasteiger partial charge in [-0.25, -0.2) is 8.78 Å². The monoisotopic (exact) mass is 338 g/mol. The number of hydrogen-bond donors (Lipinski definition) is 2. The molecule has 0 unspecified atom stereocenters. The summed E-state index contributed by atoms with van der Waals surface area (Å²) in [5.74, 6) is -2.94. The summed E-state index contributed by atoms with van der Waals surface area (Å²) in [6.45, 7) is 3.04. The van der Waals surface area contributed by atoms with Gasteiger partial charge in [0.05, 0.1) is 0 Å². The summed E-state index contributed by atoms with van der Waals surface area (Å²) < 4.78 is 26.2. The van der Waals surface area contributed by atoms with Gasteiger partial charge in [-0.15, -0.1) is 0 Å². The molecule has 0 saturated heterocycles. The molecule has 0 spiro atoms. The van der Waals surface area contributed by atoms with Crippen molar-refractivity contribution in [2.75, 3.05) is 5.32 Å². The highest BCUT2D eigenvalue weighted by atomic mass is 19.2. The summed E-state index contributed by atoms with van der Waals surface area (Å²) >= 11 is 0. The number of halogens is 2. The van der Waals surface area contributed by atoms with Crippen LogP contribution in [0.4, 0.5) is 14.5 Å². The van der Waals surface area contributed by atoms with E-state index in [-0.39, 0.29) is 17.6 Å². The molecule has 0 radical (unpaired) electrons. The van der Waals surface area contributed by atoms with E-state index in [0.717, 1.165) is 37.8 Å². The van der Waals surface area contributed by atoms with Crippen molar-refractivity contribution in [1.29, 1.82) is 0 Å². The van der Waals surface area contributed by atoms with Crippen LogP contribution >= 0.6 is 0 Å². The normalized spacial score (nSPS) is 16.3. The topological polar surface area (TPSA) is 58.2 Å². The molecular formula is C18H24F2N2O2. The molecule has 24 heavy (non-hydrogen) atoms. The lowest BCUT2D eigenvalue weighted by atomic mass is 9.90. The van der Waals surface area contributed by atoms with Crippen LogP contribution < -0.4 is 10.6 Å². The molecule has 2 amide bonds. The smallest absolute Gasteiger partial charge is 0.239 e. The van der Waals surface area contributed by atoms with Crippen LogP contribution in [0.15, 0.2) is 18.2 Å². The van der Waals surface area contributed by atoms with Gasteiger partial charge in [0.1, 0.15) is 5.41 Å². The number of nitrogens with one attached hydrogen (secondary N) is 2. The third kappa shape index (κ3) is 4.52. The average Bonchev–Trinajstić information content (AvgIpc) is 2.79. The molecule has 0 aliphatic heterocycles. The maximum atomic E-state index is 13.2. The van der Waals surface area contributed by atoms with Crippen molar-refractivity contribution in [3.8, 4) is 0 Å². The Balaban J connectivity index is 2.00. The molecule has 1 aliphatic rings. The van der Waals surface area contributed by atoms with E-state index >= 15 is 0 Å². The lowest BCUT2D eigenvalue weighted by Crippen LogP contribution is -2.48. The van der Waals surface area contributed by atoms with Gasteiger partial charge >= 0.3 is 0 Å². The van der Waals surface area contributed by atoms with Gasteiger partial charge in [0.15, 0.2) is 11.6 Å². The maximum Gasteiger partial charge on any atom is 0.239 e. The molecule has 132 valence electrons. The van der Waals surface area contributed by atoms with Crippen molar-refractivity contribution >= 4 is 17.5 Å². The summed E-state index contributed by atoms with van der Waals surface area (Å²) in [5, 5.41) is 5.43. The van der Waals surface area contributed by atoms with Gasteiger partial charge < -0.3 is 10.6 Å². The Bertz CT molecular complexity index is 609. The zero-order valence-corrected chi connectivity index (χ0v) is 14.1. The van der Waals surface area contributed by atoms with Gasteiger partial charge in [-0.3, -0.25) is 9.59 Å². The summed E-state index contributed by atoms with van der Waals surface area (Å²) in [5.41, 5.74) is -1.19. The number of anilines is 1. The van der Waals surface area contributed by atoms with Crippen molar-refractivity contribution in [3.05, 3.63) is 29.8 Å². The number of carbonyl (C=O) groups is 2. The molecule has 2 N–H and O–H groups in total. The Kier molecular flexibility index (Phi) is 5.91. The Hall–Kier alpha value is -1.98. The minimum absolute atomic E-state index is 0.0929. The van der Waals surface area contributed by atoms with Crippen LogP contribution in [0.1, 0.15) is 52.4 Å². The fourth-order valence-corrected chi connectivity index (χ4v) is 2.75. The standard InChI is InChI=1S/C18H24F2N2O2/c1-18(2,16(23)21-12-7-5-3-4-6-8-12)17(24)22-13-9-10-14(19)15(20)11-13/h9-12H,3-8H2,1-2H3,(H,21,23)(H,22,24). The Morgan fingerprint density at radius 1 is 1.00 bits per heavy atom. The molecule has 1 aliphatic carbocycles. The molecule has 0 atom stereocenters. The Labute approximate surface area is 141 Å². The van der Waals surface area contributed by atoms with Crippen LogP contribution in [0, 0.1) is 17.0 Å². The van der Waals surface area contributed by atoms with E-state index in [0.29, 0.717) is 0 Å². The molecular weight excluding hydrogens is 314 g/mol. The van der Waals surface area contributed by atoms with Crippen LogP contribution in [0.3, 0.4) is 0 Å². The Morgan fingerprint density at radius 2 is 1.62 bits per heavy atom. The highest BCUT2D eigenvalue weighted by molar-refractivity contribution is 6.09. The lowest BCUT2D eigenvalue weighted by molar-refractivity contribution is -0.138. The molecule has 1 aromatic carbocycles. The number of rotatable bonds is 4. The third-order valence-corrected chi connectivity index (χ3v) is 4.50. The van der Waals surface area contributed by atoms with E-state index in [1.165, 1.54) is 32.8 Å². The quantitative estimate of drug-likeness (QED) is 0.648. The van der Waals surface area contributed by atoms with Crippen LogP contribution in [0.2, 0.25) is 0 Å². The highest BCUT2D eigenvalue weighted by Crippen LogP contribution is 2.23. The van der Waals surface area contributed by atoms with Crippen LogP contribution in [0.25, 0.3) is 0 Å². The molecule has 1 fully saturated rings. The predicted octanol–water partition coefficient (Wildman–Crippen LogP) is 3.77. The molecule has 4 nitrogen and oxygen atoms in total. The van der Waals surface area contributed by atoms with Crippen LogP contribution in [0.5, 0.6) is 0 Å². The van der Waals surface area contributed by atoms with Crippen LogP contribution in [-0.2, 0) is 9.59 Å². The van der Waals surface area contributed by atoms with E-state index < -0.39 is 23.0 Å². The third-order valence-electron chi connectivity index (χ3n) is 4.50. The van der Waals surface area contributed by atoms with Crippen LogP contribution in [-0.4, -0.2) is 17.9 Å². The molecule has 1 saturated carbocycles. The van der Waals surface area contributed by atoms with Gasteiger partial charge in [-0.2, -0.15) is 0 Å². The molecule has 1 aromatic rings. The zero-order chi connectivity index (χ0) is 17.7. The second-order valence-corrected chi connectivity index (χ2v) is 6.87. The minimum Gasteiger partial charge on any atom is -0.352 e. The van der Waals surface area contributed by atoms with E-state index in [9.17, 15) is 18.4 Å². The molecule has 0 bridgehead atoms. The summed E-state index contributed by atoms with van der Waals surface area (Å²) in [6.07, 6.45) is 6.34. The largest absolute Gasteiger partial charge is 0.352 e. The SMILES string of the molecule is CC(C)(C(=O)Nc1ccc(F)c(F)c1)C(=O)NC1CCCCCC1. The number of benzene rings is 1. The van der Waals surface area contributed by atoms with Crippen molar-refractivity contribution in [1.82, 2.24) is 5.32 Å². The first-order chi connectivity index (χ1) is 11.3. The van der Waals surface area contributed by atoms with E-state index in [1.807, 2.05) is 0 Å². The average molecular weight is 338 g/mol. The Morgan fingerprint density at radius 3 is 2.21 bits per heavy atom. The van der Waals surface area contributed by atoms with Crippen molar-refractivity contribution in [2.24, 2.45) is 5.41 Å². The van der Waals surface area contributed by atoms with Crippen molar-refractivity contribution < 1.29 is 18.4 Å². The summed E-state index contributed by atoms with van der Waals surface area (Å²) in [4.78, 5) is 24.9. The fourth-order valence-electron chi connectivity index (χ4n) is 2.75. The first-order valence-electron chi connectivity index (χ1n) is 8.38. The minimum atomic E-state index is -1.31. The summed E-state index contributed by atoms with van der Waals surface area (Å²) in [6, 6.07) is 3.18. The first-order valence-corrected chi connectivity index (χ1v) is 8.38. The van der Waals surface area contributed by atoms with Gasteiger partial charge in [0.25, 0.3) is 0 Å². The van der Waals surface area contributed by atoms with Gasteiger partial charge in [-0.1, -0.05) is 25.7 Å². The fraction of sp³-hybridized carbons (Fsp3) is 0.556. The summed E-state index contributed by atoms with van der Waals surface area (Å²) in [7, 11) is 0. The molecule has 0 heterocycles. The molecule has 6 heteroatoms. The van der Waals surface area contributed by atoms with Gasteiger partial charge in [0, 0.05) is 17.8 Å². The second-order valence-electron chi connectivity index (χ2n) is 6.87. The van der Waals surface area contributed by atoms with Gasteiger partial charge in [0.2, 0.25) is 11.8 Å². The molecule has 0 aromatic heterocycles. The number of hydrogen-bond acceptors (Lipinski definition) is 2. The van der Waals surface area contributed by atoms with Crippen molar-refractivity contribution in [3.63, 3.8) is 0 Å². The number of carbonyl (C=O) groups excluding carboxylic acids is 2. The first kappa shape index (κ1) is 18.4. The second kappa shape index (κ2) is 7.73. The van der Waals surface area contributed by atoms with Crippen molar-refractivity contribution in [2.45, 2.75) is 58.4 Å². The highest BCUT2D eigenvalue weighted by Gasteiger charge is 2.37. The predicted molar refractivity (Wildman–Crippen MR) is 88.4 cm³/mol. The zero-order valence-electron chi connectivity index (χ0n) is 14.1. The van der Waals surface area contributed by atoms with Gasteiger partial charge in [-0.05, 0) is 38.8 Å². The lowest BCUT2D eigenvalue weighted by Gasteiger charge is -2.26. The molecule has 2 rings (SSSR count).